The molecule has 4 nitrogen and oxygen atoms in total. The average molecular weight is 280 g/mol. The van der Waals surface area contributed by atoms with Gasteiger partial charge in [-0.15, -0.1) is 0 Å². The first-order chi connectivity index (χ1) is 9.58. The van der Waals surface area contributed by atoms with Gasteiger partial charge in [-0.2, -0.15) is 0 Å². The van der Waals surface area contributed by atoms with Crippen LogP contribution in [0.3, 0.4) is 0 Å². The highest BCUT2D eigenvalue weighted by Gasteiger charge is 2.23. The van der Waals surface area contributed by atoms with E-state index < -0.39 is 0 Å². The topological polar surface area (TPSA) is 41.6 Å². The molecule has 1 N–H and O–H groups in total. The molecule has 1 amide bonds. The van der Waals surface area contributed by atoms with Gasteiger partial charge in [0.05, 0.1) is 19.3 Å². The molecule has 1 aliphatic heterocycles. The van der Waals surface area contributed by atoms with Gasteiger partial charge >= 0.3 is 0 Å². The summed E-state index contributed by atoms with van der Waals surface area (Å²) in [5.41, 5.74) is 0.839. The lowest BCUT2D eigenvalue weighted by Crippen LogP contribution is -2.49. The van der Waals surface area contributed by atoms with Crippen LogP contribution in [0.15, 0.2) is 24.3 Å². The van der Waals surface area contributed by atoms with Crippen LogP contribution in [0.5, 0.6) is 0 Å². The number of carbonyl (C=O) groups is 1. The SMILES string of the molecule is CC(N[C@H](C)c1cccc(F)c1)C(=O)N1CCOCC1. The molecule has 1 aromatic rings. The summed E-state index contributed by atoms with van der Waals surface area (Å²) in [7, 11) is 0. The fourth-order valence-corrected chi connectivity index (χ4v) is 2.38. The van der Waals surface area contributed by atoms with Gasteiger partial charge in [-0.25, -0.2) is 4.39 Å². The Balaban J connectivity index is 1.92. The van der Waals surface area contributed by atoms with Crippen molar-refractivity contribution in [3.8, 4) is 0 Å². The first-order valence-corrected chi connectivity index (χ1v) is 6.96. The highest BCUT2D eigenvalue weighted by molar-refractivity contribution is 5.81. The van der Waals surface area contributed by atoms with Crippen LogP contribution >= 0.6 is 0 Å². The third-order valence-corrected chi connectivity index (χ3v) is 3.54. The third-order valence-electron chi connectivity index (χ3n) is 3.54. The molecule has 1 heterocycles. The van der Waals surface area contributed by atoms with E-state index in [1.54, 1.807) is 11.0 Å². The van der Waals surface area contributed by atoms with E-state index in [9.17, 15) is 9.18 Å². The van der Waals surface area contributed by atoms with Crippen molar-refractivity contribution < 1.29 is 13.9 Å². The standard InChI is InChI=1S/C15H21FN2O2/c1-11(13-4-3-5-14(16)10-13)17-12(2)15(19)18-6-8-20-9-7-18/h3-5,10-12,17H,6-9H2,1-2H3/t11-,12?/m1/s1. The molecule has 110 valence electrons. The van der Waals surface area contributed by atoms with E-state index in [0.29, 0.717) is 26.3 Å². The molecular formula is C15H21FN2O2. The fourth-order valence-electron chi connectivity index (χ4n) is 2.38. The molecule has 0 radical (unpaired) electrons. The minimum absolute atomic E-state index is 0.0663. The van der Waals surface area contributed by atoms with Gasteiger partial charge in [0.15, 0.2) is 0 Å². The summed E-state index contributed by atoms with van der Waals surface area (Å²) in [6.07, 6.45) is 0. The van der Waals surface area contributed by atoms with Gasteiger partial charge < -0.3 is 9.64 Å². The second-order valence-corrected chi connectivity index (χ2v) is 5.10. The fraction of sp³-hybridized carbons (Fsp3) is 0.533. The second-order valence-electron chi connectivity index (χ2n) is 5.10. The molecule has 0 aromatic heterocycles. The maximum absolute atomic E-state index is 13.2. The monoisotopic (exact) mass is 280 g/mol. The van der Waals surface area contributed by atoms with Crippen molar-refractivity contribution in [2.75, 3.05) is 26.3 Å². The molecule has 1 saturated heterocycles. The quantitative estimate of drug-likeness (QED) is 0.913. The number of halogens is 1. The second kappa shape index (κ2) is 6.81. The maximum Gasteiger partial charge on any atom is 0.239 e. The predicted octanol–water partition coefficient (Wildman–Crippen LogP) is 1.72. The van der Waals surface area contributed by atoms with Crippen LogP contribution in [-0.4, -0.2) is 43.2 Å². The highest BCUT2D eigenvalue weighted by Crippen LogP contribution is 2.14. The minimum Gasteiger partial charge on any atom is -0.378 e. The normalized spacial score (nSPS) is 18.6. The number of benzene rings is 1. The lowest BCUT2D eigenvalue weighted by molar-refractivity contribution is -0.137. The van der Waals surface area contributed by atoms with E-state index in [1.807, 2.05) is 19.9 Å². The number of nitrogens with one attached hydrogen (secondary N) is 1. The summed E-state index contributed by atoms with van der Waals surface area (Å²) in [5.74, 6) is -0.195. The van der Waals surface area contributed by atoms with E-state index in [2.05, 4.69) is 5.32 Å². The van der Waals surface area contributed by atoms with Gasteiger partial charge in [0.25, 0.3) is 0 Å². The lowest BCUT2D eigenvalue weighted by atomic mass is 10.1. The van der Waals surface area contributed by atoms with Crippen LogP contribution in [0, 0.1) is 5.82 Å². The van der Waals surface area contributed by atoms with Crippen molar-refractivity contribution in [2.24, 2.45) is 0 Å². The Morgan fingerprint density at radius 3 is 2.70 bits per heavy atom. The minimum atomic E-state index is -0.300. The lowest BCUT2D eigenvalue weighted by Gasteiger charge is -2.30. The first kappa shape index (κ1) is 14.9. The summed E-state index contributed by atoms with van der Waals surface area (Å²) in [4.78, 5) is 14.1. The summed E-state index contributed by atoms with van der Waals surface area (Å²) < 4.78 is 18.4. The molecule has 2 atom stereocenters. The van der Waals surface area contributed by atoms with Crippen molar-refractivity contribution >= 4 is 5.91 Å². The van der Waals surface area contributed by atoms with Crippen LogP contribution in [0.1, 0.15) is 25.5 Å². The molecular weight excluding hydrogens is 259 g/mol. The first-order valence-electron chi connectivity index (χ1n) is 6.96. The Kier molecular flexibility index (Phi) is 5.09. The Hall–Kier alpha value is -1.46. The summed E-state index contributed by atoms with van der Waals surface area (Å²) in [6.45, 7) is 6.24. The van der Waals surface area contributed by atoms with Gasteiger partial charge in [-0.3, -0.25) is 10.1 Å². The molecule has 1 fully saturated rings. The average Bonchev–Trinajstić information content (AvgIpc) is 2.47. The van der Waals surface area contributed by atoms with Gasteiger partial charge in [0.1, 0.15) is 5.82 Å². The summed E-state index contributed by atoms with van der Waals surface area (Å²) in [5, 5.41) is 3.22. The van der Waals surface area contributed by atoms with E-state index in [4.69, 9.17) is 4.74 Å². The van der Waals surface area contributed by atoms with E-state index in [0.717, 1.165) is 5.56 Å². The van der Waals surface area contributed by atoms with Crippen molar-refractivity contribution in [3.63, 3.8) is 0 Å². The smallest absolute Gasteiger partial charge is 0.239 e. The number of hydrogen-bond donors (Lipinski definition) is 1. The number of hydrogen-bond acceptors (Lipinski definition) is 3. The number of carbonyl (C=O) groups excluding carboxylic acids is 1. The van der Waals surface area contributed by atoms with Crippen LogP contribution in [-0.2, 0) is 9.53 Å². The summed E-state index contributed by atoms with van der Waals surface area (Å²) in [6, 6.07) is 6.06. The van der Waals surface area contributed by atoms with Crippen LogP contribution in [0.25, 0.3) is 0 Å². The number of ether oxygens (including phenoxy) is 1. The molecule has 0 saturated carbocycles. The number of rotatable bonds is 4. The number of morpholine rings is 1. The zero-order chi connectivity index (χ0) is 14.5. The number of amides is 1. The zero-order valence-corrected chi connectivity index (χ0v) is 11.9. The predicted molar refractivity (Wildman–Crippen MR) is 74.8 cm³/mol. The highest BCUT2D eigenvalue weighted by atomic mass is 19.1. The van der Waals surface area contributed by atoms with Crippen molar-refractivity contribution in [1.82, 2.24) is 10.2 Å². The molecule has 2 rings (SSSR count). The molecule has 1 aliphatic rings. The Bertz CT molecular complexity index is 461. The van der Waals surface area contributed by atoms with Gasteiger partial charge in [0.2, 0.25) is 5.91 Å². The largest absolute Gasteiger partial charge is 0.378 e. The molecule has 5 heteroatoms. The maximum atomic E-state index is 13.2. The number of nitrogens with zero attached hydrogens (tertiary/aromatic N) is 1. The molecule has 0 aliphatic carbocycles. The Morgan fingerprint density at radius 1 is 1.35 bits per heavy atom. The van der Waals surface area contributed by atoms with Crippen LogP contribution < -0.4 is 5.32 Å². The van der Waals surface area contributed by atoms with E-state index in [1.165, 1.54) is 12.1 Å². The Labute approximate surface area is 118 Å². The van der Waals surface area contributed by atoms with Crippen molar-refractivity contribution in [3.05, 3.63) is 35.6 Å². The summed E-state index contributed by atoms with van der Waals surface area (Å²) >= 11 is 0. The van der Waals surface area contributed by atoms with E-state index in [-0.39, 0.29) is 23.8 Å². The molecule has 20 heavy (non-hydrogen) atoms. The van der Waals surface area contributed by atoms with Crippen molar-refractivity contribution in [2.45, 2.75) is 25.9 Å². The third kappa shape index (κ3) is 3.77. The molecule has 1 unspecified atom stereocenters. The van der Waals surface area contributed by atoms with E-state index >= 15 is 0 Å². The van der Waals surface area contributed by atoms with Gasteiger partial charge in [-0.05, 0) is 31.5 Å². The van der Waals surface area contributed by atoms with Gasteiger partial charge in [0, 0.05) is 19.1 Å². The van der Waals surface area contributed by atoms with Crippen molar-refractivity contribution in [1.29, 1.82) is 0 Å². The van der Waals surface area contributed by atoms with Gasteiger partial charge in [-0.1, -0.05) is 12.1 Å². The molecule has 1 aromatic carbocycles. The van der Waals surface area contributed by atoms with Crippen LogP contribution in [0.2, 0.25) is 0 Å². The van der Waals surface area contributed by atoms with Crippen LogP contribution in [0.4, 0.5) is 4.39 Å². The molecule has 0 spiro atoms. The molecule has 0 bridgehead atoms. The zero-order valence-electron chi connectivity index (χ0n) is 11.9. The Morgan fingerprint density at radius 2 is 2.05 bits per heavy atom.